The van der Waals surface area contributed by atoms with Crippen LogP contribution in [0.3, 0.4) is 0 Å². The van der Waals surface area contributed by atoms with Gasteiger partial charge in [0.2, 0.25) is 0 Å². The van der Waals surface area contributed by atoms with Gasteiger partial charge in [0.05, 0.1) is 0 Å². The van der Waals surface area contributed by atoms with Crippen LogP contribution >= 0.6 is 0 Å². The van der Waals surface area contributed by atoms with Gasteiger partial charge < -0.3 is 14.7 Å². The minimum atomic E-state index is -0.377. The molecule has 1 fully saturated rings. The third-order valence-corrected chi connectivity index (χ3v) is 2.31. The molecule has 1 saturated heterocycles. The number of hydrogen-bond donors (Lipinski definition) is 0. The van der Waals surface area contributed by atoms with Crippen molar-refractivity contribution in [2.75, 3.05) is 20.2 Å². The van der Waals surface area contributed by atoms with E-state index in [4.69, 9.17) is 9.84 Å². The van der Waals surface area contributed by atoms with Crippen molar-refractivity contribution in [2.24, 2.45) is 5.92 Å². The first-order valence-electron chi connectivity index (χ1n) is 5.77. The summed E-state index contributed by atoms with van der Waals surface area (Å²) in [7, 11) is 0.750. The van der Waals surface area contributed by atoms with Gasteiger partial charge in [-0.05, 0) is 39.5 Å². The normalized spacial score (nSPS) is 19.6. The van der Waals surface area contributed by atoms with E-state index in [9.17, 15) is 4.79 Å². The third-order valence-electron chi connectivity index (χ3n) is 2.31. The van der Waals surface area contributed by atoms with E-state index in [0.717, 1.165) is 26.6 Å². The maximum atomic E-state index is 11.7. The molecule has 0 unspecified atom stereocenters. The summed E-state index contributed by atoms with van der Waals surface area (Å²) < 4.78 is 5.31. The van der Waals surface area contributed by atoms with Gasteiger partial charge in [-0.2, -0.15) is 7.11 Å². The van der Waals surface area contributed by atoms with E-state index >= 15 is 0 Å². The van der Waals surface area contributed by atoms with E-state index in [0.29, 0.717) is 5.92 Å². The van der Waals surface area contributed by atoms with E-state index in [1.807, 2.05) is 25.7 Å². The van der Waals surface area contributed by atoms with Crippen LogP contribution in [0.1, 0.15) is 40.5 Å². The smallest absolute Gasteiger partial charge is 0.857 e. The Labute approximate surface area is 148 Å². The summed E-state index contributed by atoms with van der Waals surface area (Å²) in [6.07, 6.45) is 2.16. The van der Waals surface area contributed by atoms with Gasteiger partial charge in [-0.3, -0.25) is 0 Å². The fourth-order valence-corrected chi connectivity index (χ4v) is 1.68. The summed E-state index contributed by atoms with van der Waals surface area (Å²) in [5.74, 6) is 0.608. The number of nitrogens with zero attached hydrogens (tertiary/aromatic N) is 1. The zero-order chi connectivity index (χ0) is 12.8. The zero-order valence-electron chi connectivity index (χ0n) is 12.1. The number of piperidine rings is 1. The van der Waals surface area contributed by atoms with Crippen LogP contribution in [0.25, 0.3) is 0 Å². The standard InChI is InChI=1S/C11H21NO2.CH3O.K/c1-9-6-5-7-12(8-9)10(13)14-11(2,3)4;1-2;/h9H,5-8H2,1-4H3;1H3;/q;-1;+1/t9-;;/m0../s1. The van der Waals surface area contributed by atoms with Crippen LogP contribution in [0.5, 0.6) is 0 Å². The van der Waals surface area contributed by atoms with Crippen molar-refractivity contribution < 1.29 is 66.0 Å². The molecule has 1 atom stereocenters. The van der Waals surface area contributed by atoms with Crippen LogP contribution in [-0.4, -0.2) is 36.8 Å². The van der Waals surface area contributed by atoms with Crippen molar-refractivity contribution in [2.45, 2.75) is 46.1 Å². The van der Waals surface area contributed by atoms with Gasteiger partial charge in [-0.25, -0.2) is 4.79 Å². The van der Waals surface area contributed by atoms with Crippen LogP contribution < -0.4 is 56.5 Å². The molecule has 0 N–H and O–H groups in total. The van der Waals surface area contributed by atoms with Gasteiger partial charge >= 0.3 is 57.5 Å². The van der Waals surface area contributed by atoms with Crippen molar-refractivity contribution in [3.8, 4) is 0 Å². The van der Waals surface area contributed by atoms with Crippen LogP contribution in [0.4, 0.5) is 4.79 Å². The topological polar surface area (TPSA) is 52.6 Å². The Balaban J connectivity index is 0. The Kier molecular flexibility index (Phi) is 11.6. The molecule has 0 aromatic heterocycles. The molecule has 1 rings (SSSR count). The monoisotopic (exact) mass is 269 g/mol. The average Bonchev–Trinajstić information content (AvgIpc) is 2.18. The molecule has 0 aromatic rings. The van der Waals surface area contributed by atoms with E-state index in [1.54, 1.807) is 0 Å². The summed E-state index contributed by atoms with van der Waals surface area (Å²) in [5, 5.41) is 8.25. The number of carbonyl (C=O) groups is 1. The third kappa shape index (κ3) is 9.44. The molecule has 1 heterocycles. The van der Waals surface area contributed by atoms with Crippen LogP contribution in [-0.2, 0) is 4.74 Å². The molecule has 0 bridgehead atoms. The molecule has 0 radical (unpaired) electrons. The minimum Gasteiger partial charge on any atom is -0.857 e. The second-order valence-corrected chi connectivity index (χ2v) is 5.17. The number of hydrogen-bond acceptors (Lipinski definition) is 3. The van der Waals surface area contributed by atoms with Crippen LogP contribution in [0.2, 0.25) is 0 Å². The Morgan fingerprint density at radius 2 is 1.88 bits per heavy atom. The molecule has 1 amide bonds. The molecule has 17 heavy (non-hydrogen) atoms. The predicted molar refractivity (Wildman–Crippen MR) is 62.1 cm³/mol. The van der Waals surface area contributed by atoms with Crippen LogP contribution in [0, 0.1) is 5.92 Å². The molecule has 0 saturated carbocycles. The maximum absolute atomic E-state index is 11.7. The maximum Gasteiger partial charge on any atom is 1.00 e. The molecular weight excluding hydrogens is 245 g/mol. The van der Waals surface area contributed by atoms with Gasteiger partial charge in [-0.1, -0.05) is 6.92 Å². The second-order valence-electron chi connectivity index (χ2n) is 5.17. The summed E-state index contributed by atoms with van der Waals surface area (Å²) in [5.41, 5.74) is -0.377. The zero-order valence-corrected chi connectivity index (χ0v) is 15.2. The number of likely N-dealkylation sites (tertiary alicyclic amines) is 1. The van der Waals surface area contributed by atoms with Gasteiger partial charge in [0.15, 0.2) is 0 Å². The molecular formula is C12H24KNO3. The number of carbonyl (C=O) groups excluding carboxylic acids is 1. The number of ether oxygens (including phenoxy) is 1. The predicted octanol–water partition coefficient (Wildman–Crippen LogP) is -1.37. The fourth-order valence-electron chi connectivity index (χ4n) is 1.68. The Bertz CT molecular complexity index is 216. The van der Waals surface area contributed by atoms with Crippen molar-refractivity contribution >= 4 is 6.09 Å². The van der Waals surface area contributed by atoms with E-state index < -0.39 is 0 Å². The van der Waals surface area contributed by atoms with Gasteiger partial charge in [0.25, 0.3) is 0 Å². The quantitative estimate of drug-likeness (QED) is 0.510. The Morgan fingerprint density at radius 1 is 1.35 bits per heavy atom. The SMILES string of the molecule is C[C@H]1CCCN(C(=O)OC(C)(C)C)C1.C[O-].[K+]. The number of amides is 1. The summed E-state index contributed by atoms with van der Waals surface area (Å²) in [6, 6.07) is 0. The molecule has 0 spiro atoms. The van der Waals surface area contributed by atoms with Gasteiger partial charge in [-0.15, -0.1) is 0 Å². The average molecular weight is 269 g/mol. The second kappa shape index (κ2) is 9.75. The van der Waals surface area contributed by atoms with Gasteiger partial charge in [0, 0.05) is 13.1 Å². The Morgan fingerprint density at radius 3 is 2.29 bits per heavy atom. The molecule has 1 aliphatic heterocycles. The van der Waals surface area contributed by atoms with Gasteiger partial charge in [0.1, 0.15) is 5.60 Å². The molecule has 4 nitrogen and oxygen atoms in total. The van der Waals surface area contributed by atoms with E-state index in [2.05, 4.69) is 6.92 Å². The first kappa shape index (κ1) is 20.2. The first-order valence-corrected chi connectivity index (χ1v) is 5.77. The largest absolute Gasteiger partial charge is 1.00 e. The summed E-state index contributed by atoms with van der Waals surface area (Å²) in [4.78, 5) is 13.5. The first-order chi connectivity index (χ1) is 7.38. The molecule has 96 valence electrons. The summed E-state index contributed by atoms with van der Waals surface area (Å²) >= 11 is 0. The van der Waals surface area contributed by atoms with Crippen molar-refractivity contribution in [1.82, 2.24) is 4.90 Å². The van der Waals surface area contributed by atoms with Crippen molar-refractivity contribution in [3.63, 3.8) is 0 Å². The van der Waals surface area contributed by atoms with E-state index in [1.165, 1.54) is 6.42 Å². The van der Waals surface area contributed by atoms with E-state index in [-0.39, 0.29) is 63.1 Å². The van der Waals surface area contributed by atoms with Crippen molar-refractivity contribution in [3.05, 3.63) is 0 Å². The van der Waals surface area contributed by atoms with Crippen LogP contribution in [0.15, 0.2) is 0 Å². The Hall–Kier alpha value is 0.866. The molecule has 1 aliphatic rings. The molecule has 0 aliphatic carbocycles. The minimum absolute atomic E-state index is 0. The summed E-state index contributed by atoms with van der Waals surface area (Å²) in [6.45, 7) is 9.57. The number of rotatable bonds is 0. The van der Waals surface area contributed by atoms with Crippen molar-refractivity contribution in [1.29, 1.82) is 0 Å². The molecule has 5 heteroatoms. The molecule has 0 aromatic carbocycles. The fraction of sp³-hybridized carbons (Fsp3) is 0.917.